The van der Waals surface area contributed by atoms with Crippen molar-refractivity contribution in [2.24, 2.45) is 16.2 Å². The van der Waals surface area contributed by atoms with Crippen LogP contribution in [0.3, 0.4) is 0 Å². The topological polar surface area (TPSA) is 110 Å². The van der Waals surface area contributed by atoms with Crippen LogP contribution in [0, 0.1) is 16.2 Å². The van der Waals surface area contributed by atoms with Crippen molar-refractivity contribution in [1.82, 2.24) is 0 Å². The van der Waals surface area contributed by atoms with Gasteiger partial charge in [0.2, 0.25) is 0 Å². The van der Waals surface area contributed by atoms with Crippen LogP contribution < -0.4 is 0 Å². The van der Waals surface area contributed by atoms with E-state index in [1.807, 2.05) is 115 Å². The fourth-order valence-electron chi connectivity index (χ4n) is 10.0. The lowest BCUT2D eigenvalue weighted by Gasteiger charge is -2.51. The second-order valence-corrected chi connectivity index (χ2v) is 22.4. The highest BCUT2D eigenvalue weighted by Gasteiger charge is 2.61. The minimum absolute atomic E-state index is 0.0652. The summed E-state index contributed by atoms with van der Waals surface area (Å²) in [6.07, 6.45) is 48.3. The lowest BCUT2D eigenvalue weighted by atomic mass is 9.66. The molecule has 1 saturated carbocycles. The van der Waals surface area contributed by atoms with Crippen molar-refractivity contribution in [3.8, 4) is 0 Å². The van der Waals surface area contributed by atoms with Crippen LogP contribution in [0.15, 0.2) is 119 Å². The van der Waals surface area contributed by atoms with Crippen LogP contribution in [0.4, 0.5) is 0 Å². The molecule has 398 valence electrons. The number of esters is 2. The van der Waals surface area contributed by atoms with Crippen molar-refractivity contribution in [3.05, 3.63) is 119 Å². The molecule has 2 rings (SSSR count). The molecule has 0 amide bonds. The molecule has 0 radical (unpaired) electrons. The SMILES string of the molecule is CCCCCCCCCCCC(=O)OC1(OC(=O)CCCCCCCCCCC)[C@H](O)CC(C)=C(/C=C/C(C)=C/C=C/C(C)=C/C=C/C=C(C)/C=C/C=C(C)/C=C/C(=O)[C@]2(C)C[C@@H](O)CC2(C)C)C1(C)C. The van der Waals surface area contributed by atoms with Gasteiger partial charge in [-0.2, -0.15) is 0 Å². The molecular formula is C64H100O7. The van der Waals surface area contributed by atoms with Gasteiger partial charge in [-0.1, -0.05) is 244 Å². The molecule has 2 aliphatic carbocycles. The Hall–Kier alpha value is -4.07. The first kappa shape index (κ1) is 63.0. The highest BCUT2D eigenvalue weighted by Crippen LogP contribution is 2.53. The molecule has 0 unspecified atom stereocenters. The largest absolute Gasteiger partial charge is 0.419 e. The van der Waals surface area contributed by atoms with Crippen molar-refractivity contribution in [1.29, 1.82) is 0 Å². The van der Waals surface area contributed by atoms with Crippen molar-refractivity contribution in [2.75, 3.05) is 0 Å². The summed E-state index contributed by atoms with van der Waals surface area (Å²) in [7, 11) is 0. The molecule has 71 heavy (non-hydrogen) atoms. The lowest BCUT2D eigenvalue weighted by molar-refractivity contribution is -0.299. The molecule has 2 N–H and O–H groups in total. The Balaban J connectivity index is 2.12. The molecule has 0 spiro atoms. The van der Waals surface area contributed by atoms with Gasteiger partial charge in [-0.15, -0.1) is 0 Å². The normalized spacial score (nSPS) is 22.1. The van der Waals surface area contributed by atoms with E-state index in [-0.39, 0.29) is 30.5 Å². The molecule has 1 fully saturated rings. The van der Waals surface area contributed by atoms with Gasteiger partial charge in [0, 0.05) is 24.7 Å². The first-order valence-corrected chi connectivity index (χ1v) is 27.8. The van der Waals surface area contributed by atoms with E-state index < -0.39 is 40.8 Å². The van der Waals surface area contributed by atoms with E-state index in [1.165, 1.54) is 64.2 Å². The Morgan fingerprint density at radius 2 is 0.930 bits per heavy atom. The van der Waals surface area contributed by atoms with Crippen LogP contribution in [0.1, 0.15) is 231 Å². The van der Waals surface area contributed by atoms with E-state index in [1.54, 1.807) is 6.08 Å². The number of ketones is 1. The number of ether oxygens (including phenoxy) is 2. The standard InChI is InChI=1S/C64H100O7/c1-13-15-17-19-21-23-25-27-29-41-59(68)70-64(71-60(69)42-30-28-26-24-22-20-18-16-14-2)58(67)47-54(7)56(62(64,10)11)45-43-52(5)39-33-37-50(3)35-31-32-36-51(4)38-34-40-53(6)44-46-57(66)63(12)49-55(65)48-61(63,8)9/h31-40,43-46,55,58,65,67H,13-30,41-42,47-49H2,1-12H3/b32-31+,37-33+,38-34+,45-43+,46-44+,50-35+,51-36+,52-39+,53-40+/t55-,58+,63-/m0/s1. The van der Waals surface area contributed by atoms with Gasteiger partial charge in [0.1, 0.15) is 6.10 Å². The summed E-state index contributed by atoms with van der Waals surface area (Å²) in [5, 5.41) is 22.0. The second-order valence-electron chi connectivity index (χ2n) is 22.4. The Morgan fingerprint density at radius 3 is 1.35 bits per heavy atom. The number of unbranched alkanes of at least 4 members (excludes halogenated alkanes) is 16. The predicted octanol–water partition coefficient (Wildman–Crippen LogP) is 17.0. The molecule has 0 saturated heterocycles. The predicted molar refractivity (Wildman–Crippen MR) is 299 cm³/mol. The lowest BCUT2D eigenvalue weighted by Crippen LogP contribution is -2.62. The third kappa shape index (κ3) is 21.9. The summed E-state index contributed by atoms with van der Waals surface area (Å²) in [5.41, 5.74) is 4.14. The van der Waals surface area contributed by atoms with Crippen LogP contribution >= 0.6 is 0 Å². The molecule has 0 heterocycles. The molecule has 0 aromatic rings. The number of hydrogen-bond acceptors (Lipinski definition) is 7. The van der Waals surface area contributed by atoms with Gasteiger partial charge in [0.25, 0.3) is 5.79 Å². The molecule has 3 atom stereocenters. The zero-order valence-corrected chi connectivity index (χ0v) is 46.9. The van der Waals surface area contributed by atoms with E-state index in [0.29, 0.717) is 25.7 Å². The van der Waals surface area contributed by atoms with Crippen molar-refractivity contribution < 1.29 is 34.1 Å². The van der Waals surface area contributed by atoms with Gasteiger partial charge in [0.15, 0.2) is 5.78 Å². The van der Waals surface area contributed by atoms with E-state index in [0.717, 1.165) is 72.0 Å². The number of carbonyl (C=O) groups excluding carboxylic acids is 3. The molecule has 7 nitrogen and oxygen atoms in total. The third-order valence-electron chi connectivity index (χ3n) is 15.1. The average Bonchev–Trinajstić information content (AvgIpc) is 3.52. The average molecular weight is 981 g/mol. The zero-order valence-electron chi connectivity index (χ0n) is 46.9. The summed E-state index contributed by atoms with van der Waals surface area (Å²) in [6.45, 7) is 24.5. The minimum Gasteiger partial charge on any atom is -0.419 e. The van der Waals surface area contributed by atoms with Crippen LogP contribution in [-0.2, 0) is 23.9 Å². The maximum Gasteiger partial charge on any atom is 0.309 e. The van der Waals surface area contributed by atoms with Crippen LogP contribution in [-0.4, -0.2) is 45.9 Å². The quantitative estimate of drug-likeness (QED) is 0.0222. The Morgan fingerprint density at radius 1 is 0.535 bits per heavy atom. The van der Waals surface area contributed by atoms with Crippen molar-refractivity contribution >= 4 is 17.7 Å². The summed E-state index contributed by atoms with van der Waals surface area (Å²) in [4.78, 5) is 40.4. The Bertz CT molecular complexity index is 1940. The summed E-state index contributed by atoms with van der Waals surface area (Å²) in [6, 6.07) is 0. The number of aliphatic hydroxyl groups excluding tert-OH is 2. The smallest absolute Gasteiger partial charge is 0.309 e. The summed E-state index contributed by atoms with van der Waals surface area (Å²) >= 11 is 0. The first-order chi connectivity index (χ1) is 33.6. The van der Waals surface area contributed by atoms with Crippen LogP contribution in [0.2, 0.25) is 0 Å². The van der Waals surface area contributed by atoms with Gasteiger partial charge < -0.3 is 19.7 Å². The van der Waals surface area contributed by atoms with Crippen LogP contribution in [0.5, 0.6) is 0 Å². The van der Waals surface area contributed by atoms with Crippen molar-refractivity contribution in [2.45, 2.75) is 249 Å². The Kier molecular flexibility index (Phi) is 29.2. The van der Waals surface area contributed by atoms with Gasteiger partial charge in [-0.3, -0.25) is 14.4 Å². The van der Waals surface area contributed by atoms with Crippen molar-refractivity contribution in [3.63, 3.8) is 0 Å². The van der Waals surface area contributed by atoms with E-state index in [4.69, 9.17) is 9.47 Å². The van der Waals surface area contributed by atoms with Crippen LogP contribution in [0.25, 0.3) is 0 Å². The summed E-state index contributed by atoms with van der Waals surface area (Å²) in [5.74, 6) is -2.68. The first-order valence-electron chi connectivity index (χ1n) is 27.8. The van der Waals surface area contributed by atoms with Gasteiger partial charge in [0.05, 0.1) is 11.5 Å². The van der Waals surface area contributed by atoms with Gasteiger partial charge in [-0.05, 0) is 91.2 Å². The highest BCUT2D eigenvalue weighted by atomic mass is 16.7. The number of allylic oxidation sites excluding steroid dienone is 18. The fraction of sp³-hybridized carbons (Fsp3) is 0.641. The number of carbonyl (C=O) groups is 3. The fourth-order valence-corrected chi connectivity index (χ4v) is 10.0. The molecule has 0 aliphatic heterocycles. The molecule has 0 aromatic heterocycles. The highest BCUT2D eigenvalue weighted by molar-refractivity contribution is 5.96. The summed E-state index contributed by atoms with van der Waals surface area (Å²) < 4.78 is 12.5. The second kappa shape index (κ2) is 32.9. The molecule has 0 aromatic carbocycles. The maximum atomic E-state index is 13.6. The number of hydrogen-bond donors (Lipinski definition) is 2. The van der Waals surface area contributed by atoms with E-state index in [9.17, 15) is 24.6 Å². The number of aliphatic hydroxyl groups is 2. The molecule has 7 heteroatoms. The van der Waals surface area contributed by atoms with Gasteiger partial charge >= 0.3 is 11.9 Å². The van der Waals surface area contributed by atoms with E-state index in [2.05, 4.69) is 46.8 Å². The monoisotopic (exact) mass is 981 g/mol. The Labute approximate surface area is 433 Å². The van der Waals surface area contributed by atoms with Gasteiger partial charge in [-0.25, -0.2) is 0 Å². The number of rotatable bonds is 33. The molecule has 0 bridgehead atoms. The zero-order chi connectivity index (χ0) is 52.9. The maximum absolute atomic E-state index is 13.6. The third-order valence-corrected chi connectivity index (χ3v) is 15.1. The minimum atomic E-state index is -1.86. The molecular weight excluding hydrogens is 881 g/mol. The van der Waals surface area contributed by atoms with E-state index >= 15 is 0 Å². The molecule has 2 aliphatic rings.